The zero-order valence-corrected chi connectivity index (χ0v) is 6.60. The van der Waals surface area contributed by atoms with Crippen molar-refractivity contribution in [3.8, 4) is 5.75 Å². The summed E-state index contributed by atoms with van der Waals surface area (Å²) in [6, 6.07) is 1.34. The standard InChI is InChI=1S/C8H10FNO/c1-3-8-7(9)4-6(11-2)5-10-8/h4-5H,3H2,1-2H3. The van der Waals surface area contributed by atoms with Gasteiger partial charge >= 0.3 is 0 Å². The number of rotatable bonds is 2. The van der Waals surface area contributed by atoms with Crippen LogP contribution in [0.5, 0.6) is 5.75 Å². The van der Waals surface area contributed by atoms with E-state index in [1.54, 1.807) is 0 Å². The van der Waals surface area contributed by atoms with Crippen molar-refractivity contribution in [3.63, 3.8) is 0 Å². The second kappa shape index (κ2) is 3.32. The first kappa shape index (κ1) is 7.98. The van der Waals surface area contributed by atoms with Crippen molar-refractivity contribution in [2.45, 2.75) is 13.3 Å². The van der Waals surface area contributed by atoms with Gasteiger partial charge in [0.05, 0.1) is 19.0 Å². The summed E-state index contributed by atoms with van der Waals surface area (Å²) in [6.07, 6.45) is 2.12. The number of aryl methyl sites for hydroxylation is 1. The topological polar surface area (TPSA) is 22.1 Å². The van der Waals surface area contributed by atoms with Gasteiger partial charge in [-0.1, -0.05) is 6.92 Å². The Morgan fingerprint density at radius 2 is 2.36 bits per heavy atom. The Labute approximate surface area is 65.0 Å². The Kier molecular flexibility index (Phi) is 2.41. The molecule has 0 aliphatic rings. The van der Waals surface area contributed by atoms with Crippen LogP contribution in [0, 0.1) is 5.82 Å². The minimum Gasteiger partial charge on any atom is -0.495 e. The molecule has 60 valence electrons. The molecule has 0 N–H and O–H groups in total. The number of nitrogens with zero attached hydrogens (tertiary/aromatic N) is 1. The maximum absolute atomic E-state index is 12.9. The van der Waals surface area contributed by atoms with Gasteiger partial charge in [0.15, 0.2) is 0 Å². The first-order valence-corrected chi connectivity index (χ1v) is 3.46. The molecule has 1 heterocycles. The molecule has 0 saturated carbocycles. The Morgan fingerprint density at radius 1 is 1.64 bits per heavy atom. The molecule has 0 amide bonds. The maximum atomic E-state index is 12.9. The van der Waals surface area contributed by atoms with Gasteiger partial charge in [-0.05, 0) is 6.42 Å². The molecule has 0 saturated heterocycles. The number of ether oxygens (including phenoxy) is 1. The molecule has 0 bridgehead atoms. The lowest BCUT2D eigenvalue weighted by Gasteiger charge is -2.01. The van der Waals surface area contributed by atoms with Crippen LogP contribution in [-0.2, 0) is 6.42 Å². The van der Waals surface area contributed by atoms with Gasteiger partial charge in [0.2, 0.25) is 0 Å². The molecular weight excluding hydrogens is 145 g/mol. The van der Waals surface area contributed by atoms with E-state index in [2.05, 4.69) is 4.98 Å². The summed E-state index contributed by atoms with van der Waals surface area (Å²) >= 11 is 0. The van der Waals surface area contributed by atoms with E-state index in [-0.39, 0.29) is 5.82 Å². The van der Waals surface area contributed by atoms with Gasteiger partial charge in [-0.3, -0.25) is 4.98 Å². The molecule has 1 rings (SSSR count). The van der Waals surface area contributed by atoms with E-state index >= 15 is 0 Å². The lowest BCUT2D eigenvalue weighted by Crippen LogP contribution is -1.93. The van der Waals surface area contributed by atoms with Crippen molar-refractivity contribution in [2.75, 3.05) is 7.11 Å². The Morgan fingerprint density at radius 3 is 2.82 bits per heavy atom. The zero-order valence-electron chi connectivity index (χ0n) is 6.60. The molecule has 2 nitrogen and oxygen atoms in total. The van der Waals surface area contributed by atoms with Crippen molar-refractivity contribution in [1.82, 2.24) is 4.98 Å². The first-order valence-electron chi connectivity index (χ1n) is 3.46. The highest BCUT2D eigenvalue weighted by Gasteiger charge is 2.01. The van der Waals surface area contributed by atoms with Crippen LogP contribution in [0.4, 0.5) is 4.39 Å². The number of pyridine rings is 1. The number of methoxy groups -OCH3 is 1. The molecule has 11 heavy (non-hydrogen) atoms. The maximum Gasteiger partial charge on any atom is 0.148 e. The lowest BCUT2D eigenvalue weighted by atomic mass is 10.3. The monoisotopic (exact) mass is 155 g/mol. The van der Waals surface area contributed by atoms with Crippen molar-refractivity contribution in [1.29, 1.82) is 0 Å². The molecule has 0 aliphatic heterocycles. The average molecular weight is 155 g/mol. The minimum atomic E-state index is -0.299. The van der Waals surface area contributed by atoms with Crippen LogP contribution in [-0.4, -0.2) is 12.1 Å². The fraction of sp³-hybridized carbons (Fsp3) is 0.375. The third-order valence-electron chi connectivity index (χ3n) is 1.46. The van der Waals surface area contributed by atoms with Gasteiger partial charge < -0.3 is 4.74 Å². The predicted molar refractivity (Wildman–Crippen MR) is 40.1 cm³/mol. The van der Waals surface area contributed by atoms with Crippen LogP contribution in [0.2, 0.25) is 0 Å². The van der Waals surface area contributed by atoms with E-state index in [0.717, 1.165) is 0 Å². The van der Waals surface area contributed by atoms with E-state index in [1.807, 2.05) is 6.92 Å². The molecule has 0 spiro atoms. The second-order valence-electron chi connectivity index (χ2n) is 2.16. The smallest absolute Gasteiger partial charge is 0.148 e. The van der Waals surface area contributed by atoms with E-state index < -0.39 is 0 Å². The Balaban J connectivity index is 2.99. The third-order valence-corrected chi connectivity index (χ3v) is 1.46. The fourth-order valence-electron chi connectivity index (χ4n) is 0.820. The molecule has 0 aromatic carbocycles. The van der Waals surface area contributed by atoms with Crippen molar-refractivity contribution < 1.29 is 9.13 Å². The Bertz CT molecular complexity index is 250. The molecule has 0 unspecified atom stereocenters. The Hall–Kier alpha value is -1.12. The van der Waals surface area contributed by atoms with E-state index in [4.69, 9.17) is 4.74 Å². The highest BCUT2D eigenvalue weighted by molar-refractivity contribution is 5.21. The molecule has 0 radical (unpaired) electrons. The van der Waals surface area contributed by atoms with Crippen molar-refractivity contribution >= 4 is 0 Å². The zero-order chi connectivity index (χ0) is 8.27. The molecule has 0 fully saturated rings. The van der Waals surface area contributed by atoms with Gasteiger partial charge in [0.1, 0.15) is 11.6 Å². The summed E-state index contributed by atoms with van der Waals surface area (Å²) in [5, 5.41) is 0. The fourth-order valence-corrected chi connectivity index (χ4v) is 0.820. The third kappa shape index (κ3) is 1.67. The molecule has 1 aromatic heterocycles. The van der Waals surface area contributed by atoms with E-state index in [0.29, 0.717) is 17.9 Å². The van der Waals surface area contributed by atoms with E-state index in [1.165, 1.54) is 19.4 Å². The second-order valence-corrected chi connectivity index (χ2v) is 2.16. The highest BCUT2D eigenvalue weighted by Crippen LogP contribution is 2.12. The molecule has 3 heteroatoms. The van der Waals surface area contributed by atoms with E-state index in [9.17, 15) is 4.39 Å². The van der Waals surface area contributed by atoms with Crippen LogP contribution in [0.15, 0.2) is 12.3 Å². The van der Waals surface area contributed by atoms with Crippen LogP contribution >= 0.6 is 0 Å². The normalized spacial score (nSPS) is 9.73. The SMILES string of the molecule is CCc1ncc(OC)cc1F. The largest absolute Gasteiger partial charge is 0.495 e. The summed E-state index contributed by atoms with van der Waals surface area (Å²) in [4.78, 5) is 3.87. The van der Waals surface area contributed by atoms with Gasteiger partial charge in [0, 0.05) is 6.07 Å². The van der Waals surface area contributed by atoms with Crippen LogP contribution in [0.3, 0.4) is 0 Å². The summed E-state index contributed by atoms with van der Waals surface area (Å²) in [5.74, 6) is 0.159. The number of aromatic nitrogens is 1. The lowest BCUT2D eigenvalue weighted by molar-refractivity contribution is 0.408. The summed E-state index contributed by atoms with van der Waals surface area (Å²) in [7, 11) is 1.49. The predicted octanol–water partition coefficient (Wildman–Crippen LogP) is 1.79. The molecule has 0 atom stereocenters. The molecule has 1 aromatic rings. The van der Waals surface area contributed by atoms with Crippen LogP contribution in [0.25, 0.3) is 0 Å². The van der Waals surface area contributed by atoms with Crippen LogP contribution in [0.1, 0.15) is 12.6 Å². The number of hydrogen-bond acceptors (Lipinski definition) is 2. The first-order chi connectivity index (χ1) is 5.27. The van der Waals surface area contributed by atoms with Crippen molar-refractivity contribution in [2.24, 2.45) is 0 Å². The van der Waals surface area contributed by atoms with Crippen LogP contribution < -0.4 is 4.74 Å². The quantitative estimate of drug-likeness (QED) is 0.649. The van der Waals surface area contributed by atoms with Gasteiger partial charge in [-0.2, -0.15) is 0 Å². The molecular formula is C8H10FNO. The molecule has 0 aliphatic carbocycles. The van der Waals surface area contributed by atoms with Gasteiger partial charge in [-0.15, -0.1) is 0 Å². The summed E-state index contributed by atoms with van der Waals surface area (Å²) in [6.45, 7) is 1.86. The van der Waals surface area contributed by atoms with Gasteiger partial charge in [-0.25, -0.2) is 4.39 Å². The van der Waals surface area contributed by atoms with Crippen molar-refractivity contribution in [3.05, 3.63) is 23.8 Å². The number of halogens is 1. The highest BCUT2D eigenvalue weighted by atomic mass is 19.1. The number of hydrogen-bond donors (Lipinski definition) is 0. The average Bonchev–Trinajstić information content (AvgIpc) is 2.04. The minimum absolute atomic E-state index is 0.299. The van der Waals surface area contributed by atoms with Gasteiger partial charge in [0.25, 0.3) is 0 Å². The summed E-state index contributed by atoms with van der Waals surface area (Å²) < 4.78 is 17.7. The summed E-state index contributed by atoms with van der Waals surface area (Å²) in [5.41, 5.74) is 0.478.